The molecule has 26 heavy (non-hydrogen) atoms. The molecule has 7 heteroatoms. The van der Waals surface area contributed by atoms with E-state index in [-0.39, 0.29) is 16.8 Å². The predicted octanol–water partition coefficient (Wildman–Crippen LogP) is 3.52. The highest BCUT2D eigenvalue weighted by atomic mass is 32.2. The van der Waals surface area contributed by atoms with Crippen molar-refractivity contribution in [2.45, 2.75) is 23.8 Å². The minimum absolute atomic E-state index is 0.0237. The summed E-state index contributed by atoms with van der Waals surface area (Å²) in [7, 11) is -2.92. The van der Waals surface area contributed by atoms with Crippen molar-refractivity contribution in [1.82, 2.24) is 14.8 Å². The highest BCUT2D eigenvalue weighted by molar-refractivity contribution is 8.01. The fourth-order valence-corrected chi connectivity index (χ4v) is 6.65. The Labute approximate surface area is 157 Å². The van der Waals surface area contributed by atoms with Crippen molar-refractivity contribution >= 4 is 21.6 Å². The van der Waals surface area contributed by atoms with Crippen molar-refractivity contribution in [1.29, 1.82) is 0 Å². The van der Waals surface area contributed by atoms with Gasteiger partial charge in [0.1, 0.15) is 0 Å². The van der Waals surface area contributed by atoms with E-state index in [4.69, 9.17) is 0 Å². The fraction of sp³-hybridized carbons (Fsp3) is 0.263. The van der Waals surface area contributed by atoms with Gasteiger partial charge >= 0.3 is 0 Å². The van der Waals surface area contributed by atoms with E-state index >= 15 is 0 Å². The summed E-state index contributed by atoms with van der Waals surface area (Å²) in [6, 6.07) is 18.0. The lowest BCUT2D eigenvalue weighted by Gasteiger charge is -2.14. The first kappa shape index (κ1) is 17.3. The van der Waals surface area contributed by atoms with E-state index in [2.05, 4.69) is 23.2 Å². The molecule has 0 saturated carbocycles. The summed E-state index contributed by atoms with van der Waals surface area (Å²) in [5.74, 6) is 1.23. The molecule has 1 saturated heterocycles. The van der Waals surface area contributed by atoms with E-state index < -0.39 is 9.84 Å². The van der Waals surface area contributed by atoms with Crippen LogP contribution in [0.4, 0.5) is 0 Å². The maximum Gasteiger partial charge on any atom is 0.196 e. The number of hydrogen-bond acceptors (Lipinski definition) is 5. The molecule has 1 fully saturated rings. The standard InChI is InChI=1S/C19H19N3O2S2/c1-14-7-5-6-10-17(14)22-18(15-8-3-2-4-9-15)20-21-19(22)25-16-11-12-26(23,24)13-16/h2-10,16H,11-13H2,1H3. The third-order valence-corrected chi connectivity index (χ3v) is 7.67. The fourth-order valence-electron chi connectivity index (χ4n) is 3.15. The molecule has 0 amide bonds. The van der Waals surface area contributed by atoms with Crippen molar-refractivity contribution in [3.8, 4) is 17.1 Å². The molecule has 0 spiro atoms. The summed E-state index contributed by atoms with van der Waals surface area (Å²) in [6.45, 7) is 2.05. The van der Waals surface area contributed by atoms with Crippen LogP contribution in [0.2, 0.25) is 0 Å². The summed E-state index contributed by atoms with van der Waals surface area (Å²) < 4.78 is 25.7. The van der Waals surface area contributed by atoms with Gasteiger partial charge in [-0.05, 0) is 25.0 Å². The van der Waals surface area contributed by atoms with Crippen molar-refractivity contribution in [2.24, 2.45) is 0 Å². The average molecular weight is 386 g/mol. The lowest BCUT2D eigenvalue weighted by atomic mass is 10.1. The molecule has 0 N–H and O–H groups in total. The third kappa shape index (κ3) is 3.41. The summed E-state index contributed by atoms with van der Waals surface area (Å²) in [4.78, 5) is 0. The Morgan fingerprint density at radius 3 is 2.46 bits per heavy atom. The summed E-state index contributed by atoms with van der Waals surface area (Å²) >= 11 is 1.51. The van der Waals surface area contributed by atoms with Crippen LogP contribution in [0.3, 0.4) is 0 Å². The zero-order chi connectivity index (χ0) is 18.1. The van der Waals surface area contributed by atoms with Crippen LogP contribution < -0.4 is 0 Å². The third-order valence-electron chi connectivity index (χ3n) is 4.48. The minimum Gasteiger partial charge on any atom is -0.270 e. The first-order valence-corrected chi connectivity index (χ1v) is 11.2. The van der Waals surface area contributed by atoms with E-state index in [0.29, 0.717) is 6.42 Å². The molecule has 2 heterocycles. The first-order chi connectivity index (χ1) is 12.5. The molecule has 1 aromatic heterocycles. The van der Waals surface area contributed by atoms with E-state index in [1.807, 2.05) is 53.1 Å². The predicted molar refractivity (Wildman–Crippen MR) is 104 cm³/mol. The van der Waals surface area contributed by atoms with E-state index in [0.717, 1.165) is 27.8 Å². The second-order valence-electron chi connectivity index (χ2n) is 6.44. The number of nitrogens with zero attached hydrogens (tertiary/aromatic N) is 3. The Hall–Kier alpha value is -2.12. The second-order valence-corrected chi connectivity index (χ2v) is 9.93. The Morgan fingerprint density at radius 2 is 1.77 bits per heavy atom. The molecule has 1 aliphatic heterocycles. The minimum atomic E-state index is -2.92. The normalized spacial score (nSPS) is 18.9. The Balaban J connectivity index is 1.80. The smallest absolute Gasteiger partial charge is 0.196 e. The number of para-hydroxylation sites is 1. The number of thioether (sulfide) groups is 1. The molecule has 1 atom stereocenters. The lowest BCUT2D eigenvalue weighted by Crippen LogP contribution is -2.08. The van der Waals surface area contributed by atoms with Crippen molar-refractivity contribution in [2.75, 3.05) is 11.5 Å². The lowest BCUT2D eigenvalue weighted by molar-refractivity contribution is 0.602. The van der Waals surface area contributed by atoms with Crippen LogP contribution in [0.5, 0.6) is 0 Å². The van der Waals surface area contributed by atoms with Gasteiger partial charge in [-0.3, -0.25) is 4.57 Å². The van der Waals surface area contributed by atoms with Gasteiger partial charge in [0.05, 0.1) is 17.2 Å². The SMILES string of the molecule is Cc1ccccc1-n1c(SC2CCS(=O)(=O)C2)nnc1-c1ccccc1. The molecule has 0 bridgehead atoms. The Kier molecular flexibility index (Phi) is 4.58. The molecular formula is C19H19N3O2S2. The second kappa shape index (κ2) is 6.89. The monoisotopic (exact) mass is 385 g/mol. The highest BCUT2D eigenvalue weighted by Crippen LogP contribution is 2.34. The largest absolute Gasteiger partial charge is 0.270 e. The van der Waals surface area contributed by atoms with Crippen LogP contribution in [0.25, 0.3) is 17.1 Å². The van der Waals surface area contributed by atoms with Gasteiger partial charge in [-0.25, -0.2) is 8.42 Å². The van der Waals surface area contributed by atoms with Gasteiger partial charge in [0.25, 0.3) is 0 Å². The van der Waals surface area contributed by atoms with Crippen LogP contribution in [-0.2, 0) is 9.84 Å². The van der Waals surface area contributed by atoms with Gasteiger partial charge < -0.3 is 0 Å². The molecule has 4 rings (SSSR count). The van der Waals surface area contributed by atoms with Crippen LogP contribution in [0, 0.1) is 6.92 Å². The molecule has 134 valence electrons. The van der Waals surface area contributed by atoms with Gasteiger partial charge in [0.2, 0.25) is 0 Å². The number of rotatable bonds is 4. The molecule has 2 aromatic carbocycles. The average Bonchev–Trinajstić information content (AvgIpc) is 3.19. The molecule has 1 unspecified atom stereocenters. The summed E-state index contributed by atoms with van der Waals surface area (Å²) in [6.07, 6.45) is 0.661. The van der Waals surface area contributed by atoms with E-state index in [1.165, 1.54) is 11.8 Å². The number of benzene rings is 2. The van der Waals surface area contributed by atoms with E-state index in [9.17, 15) is 8.42 Å². The maximum absolute atomic E-state index is 11.8. The van der Waals surface area contributed by atoms with E-state index in [1.54, 1.807) is 0 Å². The van der Waals surface area contributed by atoms with Gasteiger partial charge in [0.15, 0.2) is 20.8 Å². The van der Waals surface area contributed by atoms with Gasteiger partial charge in [0, 0.05) is 10.8 Å². The summed E-state index contributed by atoms with van der Waals surface area (Å²) in [5, 5.41) is 9.59. The van der Waals surface area contributed by atoms with Crippen molar-refractivity contribution < 1.29 is 8.42 Å². The van der Waals surface area contributed by atoms with Crippen LogP contribution in [0.15, 0.2) is 59.8 Å². The van der Waals surface area contributed by atoms with Crippen LogP contribution >= 0.6 is 11.8 Å². The Morgan fingerprint density at radius 1 is 1.04 bits per heavy atom. The number of aryl methyl sites for hydroxylation is 1. The number of sulfone groups is 1. The van der Waals surface area contributed by atoms with Crippen molar-refractivity contribution in [3.05, 3.63) is 60.2 Å². The highest BCUT2D eigenvalue weighted by Gasteiger charge is 2.30. The van der Waals surface area contributed by atoms with Crippen LogP contribution in [-0.4, -0.2) is 39.9 Å². The zero-order valence-corrected chi connectivity index (χ0v) is 16.0. The molecule has 0 radical (unpaired) electrons. The van der Waals surface area contributed by atoms with Crippen molar-refractivity contribution in [3.63, 3.8) is 0 Å². The Bertz CT molecular complexity index is 1030. The number of hydrogen-bond donors (Lipinski definition) is 0. The zero-order valence-electron chi connectivity index (χ0n) is 14.4. The topological polar surface area (TPSA) is 64.8 Å². The molecule has 1 aliphatic rings. The van der Waals surface area contributed by atoms with Crippen LogP contribution in [0.1, 0.15) is 12.0 Å². The van der Waals surface area contributed by atoms with Gasteiger partial charge in [-0.2, -0.15) is 0 Å². The quantitative estimate of drug-likeness (QED) is 0.687. The van der Waals surface area contributed by atoms with Gasteiger partial charge in [-0.1, -0.05) is 60.3 Å². The summed E-state index contributed by atoms with van der Waals surface area (Å²) in [5.41, 5.74) is 3.11. The first-order valence-electron chi connectivity index (χ1n) is 8.47. The van der Waals surface area contributed by atoms with Gasteiger partial charge in [-0.15, -0.1) is 10.2 Å². The molecule has 0 aliphatic carbocycles. The molecule has 5 nitrogen and oxygen atoms in total. The molecule has 3 aromatic rings. The maximum atomic E-state index is 11.8. The number of aromatic nitrogens is 3. The molecular weight excluding hydrogens is 366 g/mol.